The summed E-state index contributed by atoms with van der Waals surface area (Å²) in [4.78, 5) is 25.2. The molecule has 7 nitrogen and oxygen atoms in total. The van der Waals surface area contributed by atoms with Gasteiger partial charge in [0.1, 0.15) is 23.3 Å². The predicted molar refractivity (Wildman–Crippen MR) is 232 cm³/mol. The van der Waals surface area contributed by atoms with Gasteiger partial charge in [-0.05, 0) is 43.9 Å². The maximum atomic E-state index is 12.9. The van der Waals surface area contributed by atoms with Gasteiger partial charge in [0.25, 0.3) is 0 Å². The Hall–Kier alpha value is -1.45. The van der Waals surface area contributed by atoms with Crippen LogP contribution in [0.2, 0.25) is 0 Å². The summed E-state index contributed by atoms with van der Waals surface area (Å²) in [5.74, 6) is -1.67. The molecule has 322 valence electrons. The van der Waals surface area contributed by atoms with Crippen molar-refractivity contribution in [2.45, 2.75) is 224 Å². The fraction of sp³-hybridized carbons (Fsp3) is 0.750. The summed E-state index contributed by atoms with van der Waals surface area (Å²) in [5.41, 5.74) is -0.440. The number of allylic oxidation sites excluding steroid dienone is 2. The number of ether oxygens (including phenoxy) is 2. The monoisotopic (exact) mass is 825 g/mol. The second-order valence-corrected chi connectivity index (χ2v) is 17.2. The Morgan fingerprint density at radius 3 is 1.09 bits per heavy atom. The van der Waals surface area contributed by atoms with E-state index in [1.807, 2.05) is 12.2 Å². The van der Waals surface area contributed by atoms with Crippen LogP contribution in [0.4, 0.5) is 0 Å². The molecule has 0 aliphatic rings. The first-order valence-corrected chi connectivity index (χ1v) is 24.5. The van der Waals surface area contributed by atoms with E-state index in [4.69, 9.17) is 9.47 Å². The minimum absolute atomic E-state index is 0. The maximum Gasteiger partial charge on any atom is 1.00 e. The summed E-state index contributed by atoms with van der Waals surface area (Å²) in [5, 5.41) is 0. The number of hydrogen-bond acceptors (Lipinski definition) is 7. The summed E-state index contributed by atoms with van der Waals surface area (Å²) >= 11 is 0. The average molecular weight is 825 g/mol. The molecular weight excluding hydrogens is 744 g/mol. The van der Waals surface area contributed by atoms with Gasteiger partial charge in [-0.25, -0.2) is 18.0 Å². The molecular formula is C48H81NaO7S. The van der Waals surface area contributed by atoms with Crippen molar-refractivity contribution in [2.24, 2.45) is 0 Å². The Morgan fingerprint density at radius 1 is 0.474 bits per heavy atom. The van der Waals surface area contributed by atoms with Gasteiger partial charge in [0.15, 0.2) is 0 Å². The molecule has 0 aromatic heterocycles. The van der Waals surface area contributed by atoms with Crippen LogP contribution >= 0.6 is 0 Å². The van der Waals surface area contributed by atoms with Crippen molar-refractivity contribution < 1.29 is 61.6 Å². The summed E-state index contributed by atoms with van der Waals surface area (Å²) in [6, 6.07) is 3.04. The molecule has 0 unspecified atom stereocenters. The van der Waals surface area contributed by atoms with Gasteiger partial charge in [-0.2, -0.15) is 0 Å². The quantitative estimate of drug-likeness (QED) is 0.0214. The molecule has 0 amide bonds. The van der Waals surface area contributed by atoms with E-state index < -0.39 is 27.0 Å². The van der Waals surface area contributed by atoms with Gasteiger partial charge in [-0.1, -0.05) is 218 Å². The summed E-state index contributed by atoms with van der Waals surface area (Å²) in [7, 11) is -4.84. The minimum Gasteiger partial charge on any atom is -0.744 e. The fourth-order valence-corrected chi connectivity index (χ4v) is 7.56. The first-order valence-electron chi connectivity index (χ1n) is 23.0. The standard InChI is InChI=1S/C48H82O7S.Na/c1-3-5-7-9-11-13-15-17-19-21-23-25-27-29-31-33-35-37-41-54-47(49)45-40-39-44(56(51,52)53)43-46(45)48(50)55-42-38-36-34-32-30-28-26-24-22-20-18-16-14-12-10-8-6-4-2;/h35-40,43H,3-34,41-42H2,1-2H3,(H,51,52,53);/q;+1/p-1/b37-35+,38-36+;. The number of esters is 2. The SMILES string of the molecule is CCCCCCCCCCCCCCCCC/C=C/COC(=O)c1ccc(S(=O)(=O)[O-])cc1C(=O)OC/C=C/CCCCCCCCCCCCCCCCC.[Na+]. The zero-order valence-electron chi connectivity index (χ0n) is 36.8. The van der Waals surface area contributed by atoms with Crippen molar-refractivity contribution in [3.8, 4) is 0 Å². The van der Waals surface area contributed by atoms with E-state index >= 15 is 0 Å². The molecule has 0 aliphatic carbocycles. The molecule has 0 N–H and O–H groups in total. The zero-order chi connectivity index (χ0) is 40.8. The Balaban J connectivity index is 0.0000314. The summed E-state index contributed by atoms with van der Waals surface area (Å²) < 4.78 is 45.6. The van der Waals surface area contributed by atoms with Gasteiger partial charge < -0.3 is 14.0 Å². The molecule has 0 atom stereocenters. The van der Waals surface area contributed by atoms with Crippen LogP contribution < -0.4 is 29.6 Å². The Morgan fingerprint density at radius 2 is 0.772 bits per heavy atom. The first-order chi connectivity index (χ1) is 27.3. The Labute approximate surface area is 372 Å². The van der Waals surface area contributed by atoms with Crippen LogP contribution in [0.3, 0.4) is 0 Å². The molecule has 9 heteroatoms. The van der Waals surface area contributed by atoms with Crippen LogP contribution in [0.25, 0.3) is 0 Å². The molecule has 1 rings (SSSR count). The third-order valence-electron chi connectivity index (χ3n) is 10.6. The third kappa shape index (κ3) is 33.0. The molecule has 57 heavy (non-hydrogen) atoms. The van der Waals surface area contributed by atoms with E-state index in [1.54, 1.807) is 12.2 Å². The topological polar surface area (TPSA) is 110 Å². The molecule has 0 saturated heterocycles. The molecule has 0 bridgehead atoms. The van der Waals surface area contributed by atoms with Gasteiger partial charge in [-0.3, -0.25) is 0 Å². The fourth-order valence-electron chi connectivity index (χ4n) is 7.07. The van der Waals surface area contributed by atoms with E-state index in [9.17, 15) is 22.6 Å². The Kier molecular flexibility index (Phi) is 39.0. The minimum atomic E-state index is -4.84. The number of benzene rings is 1. The van der Waals surface area contributed by atoms with Crippen molar-refractivity contribution >= 4 is 22.1 Å². The second-order valence-electron chi connectivity index (χ2n) is 15.8. The van der Waals surface area contributed by atoms with Crippen LogP contribution in [0, 0.1) is 0 Å². The second kappa shape index (κ2) is 40.0. The van der Waals surface area contributed by atoms with Gasteiger partial charge in [0.05, 0.1) is 16.0 Å². The van der Waals surface area contributed by atoms with Crippen LogP contribution in [-0.2, 0) is 19.6 Å². The van der Waals surface area contributed by atoms with E-state index in [0.29, 0.717) is 0 Å². The number of carbonyl (C=O) groups excluding carboxylic acids is 2. The summed E-state index contributed by atoms with van der Waals surface area (Å²) in [6.07, 6.45) is 48.9. The van der Waals surface area contributed by atoms with E-state index in [2.05, 4.69) is 13.8 Å². The third-order valence-corrected chi connectivity index (χ3v) is 11.5. The van der Waals surface area contributed by atoms with Gasteiger partial charge in [-0.15, -0.1) is 0 Å². The maximum absolute atomic E-state index is 12.9. The number of hydrogen-bond donors (Lipinski definition) is 0. The molecule has 0 aliphatic heterocycles. The van der Waals surface area contributed by atoms with Crippen molar-refractivity contribution in [1.82, 2.24) is 0 Å². The van der Waals surface area contributed by atoms with E-state index in [1.165, 1.54) is 180 Å². The Bertz CT molecular complexity index is 1280. The number of unbranched alkanes of at least 4 members (excludes halogenated alkanes) is 30. The molecule has 0 spiro atoms. The summed E-state index contributed by atoms with van der Waals surface area (Å²) in [6.45, 7) is 4.53. The molecule has 0 radical (unpaired) electrons. The number of rotatable bonds is 39. The average Bonchev–Trinajstić information content (AvgIpc) is 3.18. The van der Waals surface area contributed by atoms with Crippen molar-refractivity contribution in [3.05, 3.63) is 53.6 Å². The van der Waals surface area contributed by atoms with Crippen LogP contribution in [0.15, 0.2) is 47.4 Å². The van der Waals surface area contributed by atoms with Crippen LogP contribution in [0.5, 0.6) is 0 Å². The van der Waals surface area contributed by atoms with Gasteiger partial charge in [0, 0.05) is 0 Å². The van der Waals surface area contributed by atoms with E-state index in [0.717, 1.165) is 43.9 Å². The van der Waals surface area contributed by atoms with Crippen molar-refractivity contribution in [1.29, 1.82) is 0 Å². The predicted octanol–water partition coefficient (Wildman–Crippen LogP) is 11.5. The van der Waals surface area contributed by atoms with Gasteiger partial charge >= 0.3 is 41.5 Å². The van der Waals surface area contributed by atoms with E-state index in [-0.39, 0.29) is 53.9 Å². The van der Waals surface area contributed by atoms with Crippen molar-refractivity contribution in [3.63, 3.8) is 0 Å². The zero-order valence-corrected chi connectivity index (χ0v) is 39.7. The van der Waals surface area contributed by atoms with Crippen molar-refractivity contribution in [2.75, 3.05) is 13.2 Å². The molecule has 0 fully saturated rings. The molecule has 1 aromatic carbocycles. The normalized spacial score (nSPS) is 11.7. The van der Waals surface area contributed by atoms with Crippen LogP contribution in [0.1, 0.15) is 240 Å². The molecule has 1 aromatic rings. The van der Waals surface area contributed by atoms with Crippen LogP contribution in [-0.4, -0.2) is 38.1 Å². The largest absolute Gasteiger partial charge is 1.00 e. The molecule has 0 saturated carbocycles. The van der Waals surface area contributed by atoms with Gasteiger partial charge in [0.2, 0.25) is 0 Å². The first kappa shape index (κ1) is 55.5. The number of carbonyl (C=O) groups is 2. The smallest absolute Gasteiger partial charge is 0.744 e. The molecule has 0 heterocycles.